The minimum atomic E-state index is -1.63. The zero-order valence-electron chi connectivity index (χ0n) is 8.90. The first-order valence-corrected chi connectivity index (χ1v) is 4.96. The summed E-state index contributed by atoms with van der Waals surface area (Å²) in [6.45, 7) is 0. The number of methoxy groups -OCH3 is 1. The summed E-state index contributed by atoms with van der Waals surface area (Å²) in [7, 11) is 1.35. The lowest BCUT2D eigenvalue weighted by atomic mass is 10.1. The van der Waals surface area contributed by atoms with Gasteiger partial charge in [0.25, 0.3) is 0 Å². The number of rotatable bonds is 5. The summed E-state index contributed by atoms with van der Waals surface area (Å²) in [4.78, 5) is 32.9. The van der Waals surface area contributed by atoms with Gasteiger partial charge in [0.1, 0.15) is 5.75 Å². The predicted molar refractivity (Wildman–Crippen MR) is 59.6 cm³/mol. The topological polar surface area (TPSA) is 80.7 Å². The van der Waals surface area contributed by atoms with Crippen LogP contribution >= 0.6 is 11.6 Å². The van der Waals surface area contributed by atoms with Crippen LogP contribution in [0.3, 0.4) is 0 Å². The van der Waals surface area contributed by atoms with Gasteiger partial charge in [-0.25, -0.2) is 4.79 Å². The number of halogens is 1. The van der Waals surface area contributed by atoms with Gasteiger partial charge in [-0.05, 0) is 18.2 Å². The Labute approximate surface area is 102 Å². The van der Waals surface area contributed by atoms with Crippen LogP contribution < -0.4 is 4.74 Å². The molecule has 0 unspecified atom stereocenters. The molecule has 0 atom stereocenters. The summed E-state index contributed by atoms with van der Waals surface area (Å²) in [6, 6.07) is 4.27. The van der Waals surface area contributed by atoms with Gasteiger partial charge >= 0.3 is 5.97 Å². The molecule has 0 aliphatic heterocycles. The van der Waals surface area contributed by atoms with E-state index < -0.39 is 24.0 Å². The van der Waals surface area contributed by atoms with E-state index in [1.54, 1.807) is 0 Å². The third-order valence-corrected chi connectivity index (χ3v) is 2.26. The van der Waals surface area contributed by atoms with Crippen molar-refractivity contribution in [3.05, 3.63) is 28.8 Å². The van der Waals surface area contributed by atoms with Crippen LogP contribution in [0.15, 0.2) is 18.2 Å². The summed E-state index contributed by atoms with van der Waals surface area (Å²) < 4.78 is 4.93. The van der Waals surface area contributed by atoms with Crippen LogP contribution in [0, 0.1) is 0 Å². The van der Waals surface area contributed by atoms with E-state index in [0.717, 1.165) is 0 Å². The van der Waals surface area contributed by atoms with Crippen LogP contribution in [0.1, 0.15) is 16.8 Å². The molecule has 0 radical (unpaired) electrons. The first-order chi connectivity index (χ1) is 7.95. The van der Waals surface area contributed by atoms with E-state index in [-0.39, 0.29) is 11.3 Å². The number of ether oxygens (including phenoxy) is 1. The lowest BCUT2D eigenvalue weighted by molar-refractivity contribution is -0.148. The molecule has 0 fully saturated rings. The number of hydrogen-bond acceptors (Lipinski definition) is 4. The molecule has 0 aliphatic carbocycles. The normalized spacial score (nSPS) is 9.76. The summed E-state index contributed by atoms with van der Waals surface area (Å²) in [5.74, 6) is -3.20. The fourth-order valence-electron chi connectivity index (χ4n) is 1.21. The minimum Gasteiger partial charge on any atom is -0.496 e. The quantitative estimate of drug-likeness (QED) is 0.491. The van der Waals surface area contributed by atoms with Gasteiger partial charge in [-0.15, -0.1) is 0 Å². The highest BCUT2D eigenvalue weighted by Gasteiger charge is 2.20. The molecular weight excluding hydrogens is 248 g/mol. The molecule has 1 N–H and O–H groups in total. The second-order valence-electron chi connectivity index (χ2n) is 3.17. The van der Waals surface area contributed by atoms with Crippen molar-refractivity contribution in [3.8, 4) is 5.75 Å². The molecule has 0 aliphatic rings. The number of carbonyl (C=O) groups excluding carboxylic acids is 2. The Morgan fingerprint density at radius 1 is 1.35 bits per heavy atom. The van der Waals surface area contributed by atoms with E-state index in [9.17, 15) is 14.4 Å². The minimum absolute atomic E-state index is 0.131. The van der Waals surface area contributed by atoms with Crippen LogP contribution in [0.5, 0.6) is 5.75 Å². The largest absolute Gasteiger partial charge is 0.496 e. The third kappa shape index (κ3) is 3.29. The van der Waals surface area contributed by atoms with E-state index in [1.807, 2.05) is 0 Å². The van der Waals surface area contributed by atoms with Gasteiger partial charge in [-0.2, -0.15) is 0 Å². The molecule has 0 saturated heterocycles. The van der Waals surface area contributed by atoms with Crippen LogP contribution in [-0.2, 0) is 9.59 Å². The molecule has 1 aromatic carbocycles. The lowest BCUT2D eigenvalue weighted by Crippen LogP contribution is -2.17. The Morgan fingerprint density at radius 3 is 2.53 bits per heavy atom. The van der Waals surface area contributed by atoms with Crippen molar-refractivity contribution in [3.63, 3.8) is 0 Å². The first kappa shape index (κ1) is 13.2. The zero-order valence-corrected chi connectivity index (χ0v) is 9.65. The Bertz CT molecular complexity index is 481. The number of carboxylic acid groups (broad SMARTS) is 1. The number of ketones is 2. The van der Waals surface area contributed by atoms with Crippen molar-refractivity contribution < 1.29 is 24.2 Å². The lowest BCUT2D eigenvalue weighted by Gasteiger charge is -2.06. The van der Waals surface area contributed by atoms with Gasteiger partial charge in [0, 0.05) is 5.02 Å². The SMILES string of the molecule is COc1cc(Cl)ccc1C(=O)CC(=O)C(=O)O. The molecule has 5 nitrogen and oxygen atoms in total. The molecule has 0 amide bonds. The molecule has 0 heterocycles. The highest BCUT2D eigenvalue weighted by atomic mass is 35.5. The van der Waals surface area contributed by atoms with Crippen LogP contribution in [-0.4, -0.2) is 29.8 Å². The number of benzene rings is 1. The van der Waals surface area contributed by atoms with Crippen molar-refractivity contribution in [2.45, 2.75) is 6.42 Å². The fraction of sp³-hybridized carbons (Fsp3) is 0.182. The summed E-state index contributed by atoms with van der Waals surface area (Å²) in [6.07, 6.45) is -0.701. The highest BCUT2D eigenvalue weighted by molar-refractivity contribution is 6.37. The van der Waals surface area contributed by atoms with E-state index in [4.69, 9.17) is 21.4 Å². The maximum Gasteiger partial charge on any atom is 0.372 e. The number of Topliss-reactive ketones (excluding diaryl/α,β-unsaturated/α-hetero) is 2. The highest BCUT2D eigenvalue weighted by Crippen LogP contribution is 2.24. The van der Waals surface area contributed by atoms with Crippen LogP contribution in [0.4, 0.5) is 0 Å². The van der Waals surface area contributed by atoms with Crippen molar-refractivity contribution in [1.29, 1.82) is 0 Å². The number of carboxylic acids is 1. The monoisotopic (exact) mass is 256 g/mol. The van der Waals surface area contributed by atoms with Gasteiger partial charge in [-0.3, -0.25) is 9.59 Å². The second-order valence-corrected chi connectivity index (χ2v) is 3.61. The Hall–Kier alpha value is -1.88. The Kier molecular flexibility index (Phi) is 4.23. The molecule has 0 bridgehead atoms. The molecule has 0 saturated carbocycles. The Balaban J connectivity index is 2.96. The van der Waals surface area contributed by atoms with E-state index in [2.05, 4.69) is 0 Å². The smallest absolute Gasteiger partial charge is 0.372 e. The summed E-state index contributed by atoms with van der Waals surface area (Å²) >= 11 is 5.70. The number of carbonyl (C=O) groups is 3. The first-order valence-electron chi connectivity index (χ1n) is 4.58. The van der Waals surface area contributed by atoms with E-state index >= 15 is 0 Å². The predicted octanol–water partition coefficient (Wildman–Crippen LogP) is 1.58. The maximum atomic E-state index is 11.6. The average molecular weight is 257 g/mol. The van der Waals surface area contributed by atoms with Crippen molar-refractivity contribution in [2.24, 2.45) is 0 Å². The van der Waals surface area contributed by atoms with Crippen molar-refractivity contribution >= 4 is 29.1 Å². The average Bonchev–Trinajstić information content (AvgIpc) is 2.28. The van der Waals surface area contributed by atoms with E-state index in [1.165, 1.54) is 25.3 Å². The van der Waals surface area contributed by atoms with Gasteiger partial charge in [0.05, 0.1) is 19.1 Å². The van der Waals surface area contributed by atoms with Crippen LogP contribution in [0.2, 0.25) is 5.02 Å². The Morgan fingerprint density at radius 2 is 2.00 bits per heavy atom. The fourth-order valence-corrected chi connectivity index (χ4v) is 1.37. The molecular formula is C11H9ClO5. The number of hydrogen-bond donors (Lipinski definition) is 1. The molecule has 0 spiro atoms. The standard InChI is InChI=1S/C11H9ClO5/c1-17-10-4-6(12)2-3-7(10)8(13)5-9(14)11(15)16/h2-4H,5H2,1H3,(H,15,16). The third-order valence-electron chi connectivity index (χ3n) is 2.02. The molecule has 90 valence electrons. The van der Waals surface area contributed by atoms with Gasteiger partial charge < -0.3 is 9.84 Å². The van der Waals surface area contributed by atoms with Crippen molar-refractivity contribution in [2.75, 3.05) is 7.11 Å². The van der Waals surface area contributed by atoms with Crippen molar-refractivity contribution in [1.82, 2.24) is 0 Å². The maximum absolute atomic E-state index is 11.6. The van der Waals surface area contributed by atoms with Gasteiger partial charge in [0.15, 0.2) is 5.78 Å². The summed E-state index contributed by atoms with van der Waals surface area (Å²) in [5.41, 5.74) is 0.131. The van der Waals surface area contributed by atoms with Crippen LogP contribution in [0.25, 0.3) is 0 Å². The molecule has 6 heteroatoms. The van der Waals surface area contributed by atoms with Gasteiger partial charge in [-0.1, -0.05) is 11.6 Å². The second kappa shape index (κ2) is 5.45. The summed E-state index contributed by atoms with van der Waals surface area (Å²) in [5, 5.41) is 8.77. The van der Waals surface area contributed by atoms with Gasteiger partial charge in [0.2, 0.25) is 5.78 Å². The number of aliphatic carboxylic acids is 1. The molecule has 1 aromatic rings. The molecule has 0 aromatic heterocycles. The molecule has 17 heavy (non-hydrogen) atoms. The molecule has 1 rings (SSSR count). The zero-order chi connectivity index (χ0) is 13.0. The van der Waals surface area contributed by atoms with E-state index in [0.29, 0.717) is 5.02 Å².